The minimum absolute atomic E-state index is 0.432. The molecule has 1 heterocycles. The van der Waals surface area contributed by atoms with Crippen LogP contribution in [-0.2, 0) is 0 Å². The molecule has 2 aliphatic carbocycles. The third-order valence-electron chi connectivity index (χ3n) is 9.86. The molecule has 2 unspecified atom stereocenters. The van der Waals surface area contributed by atoms with Crippen molar-refractivity contribution in [2.24, 2.45) is 0 Å². The molecule has 0 fully saturated rings. The number of para-hydroxylation sites is 1. The van der Waals surface area contributed by atoms with Gasteiger partial charge < -0.3 is 4.74 Å². The van der Waals surface area contributed by atoms with Gasteiger partial charge in [-0.2, -0.15) is 0 Å². The van der Waals surface area contributed by atoms with Crippen LogP contribution in [-0.4, -0.2) is 0 Å². The topological polar surface area (TPSA) is 9.23 Å². The fraction of sp³-hybridized carbons (Fsp3) is 0.0476. The predicted octanol–water partition coefficient (Wildman–Crippen LogP) is 11.6. The Labute approximate surface area is 250 Å². The Morgan fingerprint density at radius 2 is 0.884 bits per heavy atom. The van der Waals surface area contributed by atoms with E-state index in [9.17, 15) is 0 Å². The molecule has 3 aliphatic rings. The Kier molecular flexibility index (Phi) is 4.62. The van der Waals surface area contributed by atoms with E-state index in [0.717, 1.165) is 17.1 Å². The van der Waals surface area contributed by atoms with Gasteiger partial charge in [-0.1, -0.05) is 133 Å². The lowest BCUT2D eigenvalue weighted by Gasteiger charge is -2.23. The minimum Gasteiger partial charge on any atom is -0.456 e. The molecule has 1 heteroatoms. The molecule has 7 aromatic rings. The van der Waals surface area contributed by atoms with Crippen molar-refractivity contribution in [2.75, 3.05) is 0 Å². The Morgan fingerprint density at radius 3 is 1.65 bits per heavy atom. The van der Waals surface area contributed by atoms with Crippen molar-refractivity contribution in [3.05, 3.63) is 157 Å². The van der Waals surface area contributed by atoms with Gasteiger partial charge in [0.05, 0.1) is 0 Å². The number of hydrogen-bond acceptors (Lipinski definition) is 1. The highest BCUT2D eigenvalue weighted by atomic mass is 16.5. The highest BCUT2D eigenvalue weighted by Crippen LogP contribution is 2.53. The maximum atomic E-state index is 6.40. The summed E-state index contributed by atoms with van der Waals surface area (Å²) in [7, 11) is 0. The van der Waals surface area contributed by atoms with Crippen molar-refractivity contribution < 1.29 is 4.74 Å². The largest absolute Gasteiger partial charge is 0.456 e. The first-order valence-corrected chi connectivity index (χ1v) is 15.1. The van der Waals surface area contributed by atoms with E-state index in [1.807, 2.05) is 6.07 Å². The molecule has 0 radical (unpaired) electrons. The zero-order valence-electron chi connectivity index (χ0n) is 23.4. The first kappa shape index (κ1) is 23.2. The Hall–Kier alpha value is -5.40. The van der Waals surface area contributed by atoms with E-state index in [2.05, 4.69) is 140 Å². The highest BCUT2D eigenvalue weighted by Gasteiger charge is 2.33. The van der Waals surface area contributed by atoms with Crippen LogP contribution in [0.2, 0.25) is 0 Å². The fourth-order valence-corrected chi connectivity index (χ4v) is 8.04. The maximum absolute atomic E-state index is 6.40. The quantitative estimate of drug-likeness (QED) is 0.209. The van der Waals surface area contributed by atoms with Crippen LogP contribution in [0, 0.1) is 0 Å². The van der Waals surface area contributed by atoms with Crippen LogP contribution in [0.4, 0.5) is 0 Å². The molecule has 10 rings (SSSR count). The molecule has 0 aromatic heterocycles. The van der Waals surface area contributed by atoms with Crippen molar-refractivity contribution in [1.82, 2.24) is 0 Å². The number of fused-ring (bicyclic) bond motifs is 6. The second kappa shape index (κ2) is 8.56. The fourth-order valence-electron chi connectivity index (χ4n) is 8.04. The first-order valence-electron chi connectivity index (χ1n) is 15.1. The maximum Gasteiger partial charge on any atom is 0.135 e. The van der Waals surface area contributed by atoms with E-state index in [1.54, 1.807) is 0 Å². The summed E-state index contributed by atoms with van der Waals surface area (Å²) >= 11 is 0. The van der Waals surface area contributed by atoms with Gasteiger partial charge in [0, 0.05) is 22.8 Å². The lowest BCUT2D eigenvalue weighted by atomic mass is 9.86. The van der Waals surface area contributed by atoms with Gasteiger partial charge in [-0.15, -0.1) is 0 Å². The lowest BCUT2D eigenvalue weighted by molar-refractivity contribution is 0.487. The number of rotatable bonds is 2. The number of allylic oxidation sites excluding steroid dienone is 4. The van der Waals surface area contributed by atoms with Gasteiger partial charge in [0.2, 0.25) is 0 Å². The summed E-state index contributed by atoms with van der Waals surface area (Å²) in [4.78, 5) is 0. The molecule has 0 N–H and O–H groups in total. The molecular formula is C42H26O. The van der Waals surface area contributed by atoms with E-state index < -0.39 is 0 Å². The van der Waals surface area contributed by atoms with Crippen LogP contribution in [0.5, 0.6) is 11.5 Å². The van der Waals surface area contributed by atoms with Crippen molar-refractivity contribution >= 4 is 32.3 Å². The molecular weight excluding hydrogens is 520 g/mol. The van der Waals surface area contributed by atoms with Crippen LogP contribution in [0.25, 0.3) is 65.7 Å². The van der Waals surface area contributed by atoms with Gasteiger partial charge in [-0.3, -0.25) is 0 Å². The molecule has 1 nitrogen and oxygen atoms in total. The van der Waals surface area contributed by atoms with Crippen molar-refractivity contribution in [1.29, 1.82) is 0 Å². The summed E-state index contributed by atoms with van der Waals surface area (Å²) in [6.07, 6.45) is 9.14. The molecule has 0 spiro atoms. The second-order valence-electron chi connectivity index (χ2n) is 11.9. The van der Waals surface area contributed by atoms with Gasteiger partial charge in [-0.25, -0.2) is 0 Å². The Morgan fingerprint density at radius 1 is 0.349 bits per heavy atom. The van der Waals surface area contributed by atoms with Crippen LogP contribution in [0.1, 0.15) is 23.0 Å². The molecule has 1 aliphatic heterocycles. The molecule has 200 valence electrons. The summed E-state index contributed by atoms with van der Waals surface area (Å²) in [5.41, 5.74) is 10.3. The predicted molar refractivity (Wildman–Crippen MR) is 179 cm³/mol. The third-order valence-corrected chi connectivity index (χ3v) is 9.86. The SMILES string of the molecule is C1=CC2c3cccc4c(-c5ccc(-c6ccc7c8c(cccc68)-c6ccccc6O7)c6ccccc56)ccc(c34)C2C=C1. The first-order chi connectivity index (χ1) is 21.3. The van der Waals surface area contributed by atoms with Gasteiger partial charge in [0.15, 0.2) is 0 Å². The molecule has 43 heavy (non-hydrogen) atoms. The molecule has 0 saturated carbocycles. The molecule has 2 atom stereocenters. The Balaban J connectivity index is 1.20. The van der Waals surface area contributed by atoms with Crippen LogP contribution in [0.15, 0.2) is 146 Å². The van der Waals surface area contributed by atoms with Gasteiger partial charge in [0.1, 0.15) is 11.5 Å². The number of benzene rings is 7. The van der Waals surface area contributed by atoms with Crippen LogP contribution >= 0.6 is 0 Å². The highest BCUT2D eigenvalue weighted by molar-refractivity contribution is 6.16. The zero-order chi connectivity index (χ0) is 28.1. The van der Waals surface area contributed by atoms with E-state index in [0.29, 0.717) is 11.8 Å². The standard InChI is InChI=1S/C42H26O/c1-2-10-26-25(9-1)29(31-21-22-38-28-12-4-3-11-27(28)34-14-7-15-35(31)41(34)38)19-20-30(26)32-23-24-40-42-36(32)16-8-17-37(42)33-13-5-6-18-39(33)43-40/h1-24,27-28H. The van der Waals surface area contributed by atoms with E-state index >= 15 is 0 Å². The molecule has 0 bridgehead atoms. The van der Waals surface area contributed by atoms with Crippen molar-refractivity contribution in [3.8, 4) is 44.9 Å². The van der Waals surface area contributed by atoms with E-state index in [4.69, 9.17) is 4.74 Å². The average molecular weight is 547 g/mol. The molecule has 7 aromatic carbocycles. The van der Waals surface area contributed by atoms with Gasteiger partial charge in [0.25, 0.3) is 0 Å². The van der Waals surface area contributed by atoms with Crippen molar-refractivity contribution in [3.63, 3.8) is 0 Å². The minimum atomic E-state index is 0.432. The van der Waals surface area contributed by atoms with Crippen LogP contribution in [0.3, 0.4) is 0 Å². The van der Waals surface area contributed by atoms with E-state index in [1.165, 1.54) is 71.3 Å². The summed E-state index contributed by atoms with van der Waals surface area (Å²) in [6, 6.07) is 44.5. The number of ether oxygens (including phenoxy) is 1. The molecule has 0 saturated heterocycles. The monoisotopic (exact) mass is 546 g/mol. The summed E-state index contributed by atoms with van der Waals surface area (Å²) in [5.74, 6) is 2.71. The van der Waals surface area contributed by atoms with Crippen molar-refractivity contribution in [2.45, 2.75) is 11.8 Å². The summed E-state index contributed by atoms with van der Waals surface area (Å²) in [6.45, 7) is 0. The zero-order valence-corrected chi connectivity index (χ0v) is 23.4. The smallest absolute Gasteiger partial charge is 0.135 e. The second-order valence-corrected chi connectivity index (χ2v) is 11.9. The normalized spacial score (nSPS) is 17.3. The van der Waals surface area contributed by atoms with Gasteiger partial charge in [-0.05, 0) is 78.0 Å². The van der Waals surface area contributed by atoms with Crippen LogP contribution < -0.4 is 4.74 Å². The summed E-state index contributed by atoms with van der Waals surface area (Å²) < 4.78 is 6.40. The van der Waals surface area contributed by atoms with E-state index in [-0.39, 0.29) is 0 Å². The Bertz CT molecular complexity index is 2360. The average Bonchev–Trinajstić information content (AvgIpc) is 3.40. The molecule has 0 amide bonds. The number of hydrogen-bond donors (Lipinski definition) is 0. The summed E-state index contributed by atoms with van der Waals surface area (Å²) in [5, 5.41) is 7.73. The lowest BCUT2D eigenvalue weighted by Crippen LogP contribution is -2.01. The third kappa shape index (κ3) is 3.12. The van der Waals surface area contributed by atoms with Gasteiger partial charge >= 0.3 is 0 Å².